The highest BCUT2D eigenvalue weighted by Gasteiger charge is 2.41. The van der Waals surface area contributed by atoms with Crippen LogP contribution in [0.4, 0.5) is 11.4 Å². The van der Waals surface area contributed by atoms with Gasteiger partial charge in [0.05, 0.1) is 0 Å². The van der Waals surface area contributed by atoms with Crippen molar-refractivity contribution in [3.05, 3.63) is 108 Å². The van der Waals surface area contributed by atoms with Gasteiger partial charge in [-0.3, -0.25) is 0 Å². The van der Waals surface area contributed by atoms with E-state index in [-0.39, 0.29) is 5.41 Å². The molecule has 34 heavy (non-hydrogen) atoms. The Hall–Kier alpha value is -3.32. The van der Waals surface area contributed by atoms with Gasteiger partial charge < -0.3 is 5.32 Å². The van der Waals surface area contributed by atoms with Crippen LogP contribution < -0.4 is 5.32 Å². The summed E-state index contributed by atoms with van der Waals surface area (Å²) in [7, 11) is 0. The lowest BCUT2D eigenvalue weighted by molar-refractivity contribution is 0.414. The molecule has 1 N–H and O–H groups in total. The van der Waals surface area contributed by atoms with E-state index in [0.717, 1.165) is 5.69 Å². The summed E-state index contributed by atoms with van der Waals surface area (Å²) in [5, 5.41) is 3.69. The predicted molar refractivity (Wildman–Crippen MR) is 147 cm³/mol. The number of benzene rings is 4. The van der Waals surface area contributed by atoms with Crippen molar-refractivity contribution < 1.29 is 0 Å². The van der Waals surface area contributed by atoms with E-state index in [1.807, 2.05) is 0 Å². The Bertz CT molecular complexity index is 1230. The van der Waals surface area contributed by atoms with Crippen LogP contribution in [0.15, 0.2) is 97.1 Å². The summed E-state index contributed by atoms with van der Waals surface area (Å²) in [4.78, 5) is 0. The van der Waals surface area contributed by atoms with Crippen LogP contribution in [0.5, 0.6) is 0 Å². The summed E-state index contributed by atoms with van der Waals surface area (Å²) in [5.41, 5.74) is 10.8. The normalized spacial score (nSPS) is 13.4. The number of fused-ring (bicyclic) bond motifs is 3. The lowest BCUT2D eigenvalue weighted by atomic mass is 9.71. The maximum atomic E-state index is 3.69. The van der Waals surface area contributed by atoms with E-state index in [0.29, 0.717) is 0 Å². The number of anilines is 2. The molecule has 0 radical (unpaired) electrons. The molecular formula is C33H35N. The maximum Gasteiger partial charge on any atom is 0.0387 e. The molecule has 0 saturated heterocycles. The molecule has 0 aromatic heterocycles. The van der Waals surface area contributed by atoms with Gasteiger partial charge in [0.25, 0.3) is 0 Å². The Balaban J connectivity index is 1.49. The van der Waals surface area contributed by atoms with Crippen molar-refractivity contribution in [2.45, 2.75) is 57.8 Å². The molecule has 0 amide bonds. The minimum Gasteiger partial charge on any atom is -0.356 e. The second-order valence-corrected chi connectivity index (χ2v) is 9.66. The van der Waals surface area contributed by atoms with E-state index in [1.54, 1.807) is 0 Å². The Kier molecular flexibility index (Phi) is 6.54. The molecule has 0 bridgehead atoms. The molecule has 0 fully saturated rings. The van der Waals surface area contributed by atoms with Crippen molar-refractivity contribution in [2.75, 3.05) is 5.32 Å². The topological polar surface area (TPSA) is 12.0 Å². The molecular weight excluding hydrogens is 410 g/mol. The van der Waals surface area contributed by atoms with Crippen LogP contribution >= 0.6 is 0 Å². The van der Waals surface area contributed by atoms with Crippen LogP contribution in [0, 0.1) is 0 Å². The third-order valence-corrected chi connectivity index (χ3v) is 7.46. The van der Waals surface area contributed by atoms with Gasteiger partial charge in [-0.1, -0.05) is 112 Å². The van der Waals surface area contributed by atoms with Crippen molar-refractivity contribution in [3.63, 3.8) is 0 Å². The van der Waals surface area contributed by atoms with Gasteiger partial charge in [0.2, 0.25) is 0 Å². The van der Waals surface area contributed by atoms with E-state index in [4.69, 9.17) is 0 Å². The van der Waals surface area contributed by atoms with Crippen LogP contribution in [0.25, 0.3) is 22.3 Å². The average molecular weight is 446 g/mol. The first-order chi connectivity index (χ1) is 16.7. The molecule has 1 nitrogen and oxygen atoms in total. The highest BCUT2D eigenvalue weighted by atomic mass is 14.9. The van der Waals surface area contributed by atoms with Gasteiger partial charge in [0, 0.05) is 16.8 Å². The molecule has 5 rings (SSSR count). The third-order valence-electron chi connectivity index (χ3n) is 7.46. The van der Waals surface area contributed by atoms with Crippen molar-refractivity contribution in [2.24, 2.45) is 0 Å². The molecule has 4 aromatic rings. The SMILES string of the molecule is CCCCC1(CCCC)c2ccccc2-c2ccc(Nc3ccc(-c4ccccc4)cc3)cc21. The summed E-state index contributed by atoms with van der Waals surface area (Å²) in [6.07, 6.45) is 7.44. The fourth-order valence-electron chi connectivity index (χ4n) is 5.70. The van der Waals surface area contributed by atoms with E-state index in [1.165, 1.54) is 77.6 Å². The Morgan fingerprint density at radius 1 is 0.559 bits per heavy atom. The van der Waals surface area contributed by atoms with Gasteiger partial charge in [-0.05, 0) is 70.5 Å². The fourth-order valence-corrected chi connectivity index (χ4v) is 5.70. The largest absolute Gasteiger partial charge is 0.356 e. The van der Waals surface area contributed by atoms with Gasteiger partial charge in [0.15, 0.2) is 0 Å². The van der Waals surface area contributed by atoms with Crippen molar-refractivity contribution in [3.8, 4) is 22.3 Å². The number of nitrogens with one attached hydrogen (secondary N) is 1. The van der Waals surface area contributed by atoms with Crippen LogP contribution in [-0.2, 0) is 5.41 Å². The highest BCUT2D eigenvalue weighted by Crippen LogP contribution is 2.54. The van der Waals surface area contributed by atoms with Gasteiger partial charge in [0.1, 0.15) is 0 Å². The van der Waals surface area contributed by atoms with Gasteiger partial charge >= 0.3 is 0 Å². The molecule has 0 saturated carbocycles. The first-order valence-electron chi connectivity index (χ1n) is 12.9. The lowest BCUT2D eigenvalue weighted by Crippen LogP contribution is -2.25. The quantitative estimate of drug-likeness (QED) is 0.270. The molecule has 0 heterocycles. The zero-order valence-corrected chi connectivity index (χ0v) is 20.5. The number of hydrogen-bond acceptors (Lipinski definition) is 1. The molecule has 1 aliphatic carbocycles. The fraction of sp³-hybridized carbons (Fsp3) is 0.273. The first-order valence-corrected chi connectivity index (χ1v) is 12.9. The van der Waals surface area contributed by atoms with E-state index >= 15 is 0 Å². The van der Waals surface area contributed by atoms with Crippen LogP contribution in [-0.4, -0.2) is 0 Å². The lowest BCUT2D eigenvalue weighted by Gasteiger charge is -2.33. The summed E-state index contributed by atoms with van der Waals surface area (Å²) >= 11 is 0. The van der Waals surface area contributed by atoms with Gasteiger partial charge in [-0.2, -0.15) is 0 Å². The van der Waals surface area contributed by atoms with Crippen molar-refractivity contribution in [1.29, 1.82) is 0 Å². The van der Waals surface area contributed by atoms with E-state index < -0.39 is 0 Å². The second-order valence-electron chi connectivity index (χ2n) is 9.66. The minimum atomic E-state index is 0.132. The highest BCUT2D eigenvalue weighted by molar-refractivity contribution is 5.83. The zero-order chi connectivity index (χ0) is 23.4. The maximum absolute atomic E-state index is 3.69. The first kappa shape index (κ1) is 22.5. The summed E-state index contributed by atoms with van der Waals surface area (Å²) in [6.45, 7) is 4.62. The molecule has 0 aliphatic heterocycles. The molecule has 0 atom stereocenters. The number of rotatable bonds is 9. The molecule has 1 heteroatoms. The zero-order valence-electron chi connectivity index (χ0n) is 20.5. The third kappa shape index (κ3) is 4.16. The standard InChI is InChI=1S/C33H35N/c1-3-5-22-33(23-6-4-2)31-15-11-10-14-29(31)30-21-20-28(24-32(30)33)34-27-18-16-26(17-19-27)25-12-8-7-9-13-25/h7-21,24,34H,3-6,22-23H2,1-2H3. The van der Waals surface area contributed by atoms with Crippen LogP contribution in [0.1, 0.15) is 63.5 Å². The predicted octanol–water partition coefficient (Wildman–Crippen LogP) is 9.74. The number of unbranched alkanes of at least 4 members (excludes halogenated alkanes) is 2. The summed E-state index contributed by atoms with van der Waals surface area (Å²) in [5.74, 6) is 0. The smallest absolute Gasteiger partial charge is 0.0387 e. The Morgan fingerprint density at radius 3 is 1.85 bits per heavy atom. The molecule has 4 aromatic carbocycles. The van der Waals surface area contributed by atoms with Crippen molar-refractivity contribution >= 4 is 11.4 Å². The molecule has 1 aliphatic rings. The van der Waals surface area contributed by atoms with Crippen LogP contribution in [0.2, 0.25) is 0 Å². The number of hydrogen-bond donors (Lipinski definition) is 1. The van der Waals surface area contributed by atoms with Gasteiger partial charge in [-0.25, -0.2) is 0 Å². The molecule has 0 unspecified atom stereocenters. The Labute approximate surface area is 204 Å². The summed E-state index contributed by atoms with van der Waals surface area (Å²) < 4.78 is 0. The molecule has 172 valence electrons. The monoisotopic (exact) mass is 445 g/mol. The van der Waals surface area contributed by atoms with Crippen LogP contribution in [0.3, 0.4) is 0 Å². The van der Waals surface area contributed by atoms with E-state index in [9.17, 15) is 0 Å². The Morgan fingerprint density at radius 2 is 1.15 bits per heavy atom. The summed E-state index contributed by atoms with van der Waals surface area (Å²) in [6, 6.07) is 35.5. The van der Waals surface area contributed by atoms with E-state index in [2.05, 4.69) is 116 Å². The van der Waals surface area contributed by atoms with Crippen molar-refractivity contribution in [1.82, 2.24) is 0 Å². The minimum absolute atomic E-state index is 0.132. The van der Waals surface area contributed by atoms with Gasteiger partial charge in [-0.15, -0.1) is 0 Å². The average Bonchev–Trinajstić information content (AvgIpc) is 3.16. The second kappa shape index (κ2) is 9.89. The molecule has 0 spiro atoms.